The third-order valence-electron chi connectivity index (χ3n) is 2.83. The number of aldehydes is 1. The summed E-state index contributed by atoms with van der Waals surface area (Å²) >= 11 is 0. The van der Waals surface area contributed by atoms with Gasteiger partial charge in [-0.25, -0.2) is 9.97 Å². The monoisotopic (exact) mass is 303 g/mol. The molecule has 0 amide bonds. The molecule has 1 aromatic carbocycles. The molecular weight excluding hydrogens is 282 g/mol. The average Bonchev–Trinajstić information content (AvgIpc) is 2.50. The number of aliphatic hydroxyl groups excluding tert-OH is 1. The van der Waals surface area contributed by atoms with Crippen LogP contribution in [0.2, 0.25) is 0 Å². The van der Waals surface area contributed by atoms with Crippen molar-refractivity contribution in [2.45, 2.75) is 6.92 Å². The van der Waals surface area contributed by atoms with Crippen molar-refractivity contribution in [1.82, 2.24) is 15.3 Å². The van der Waals surface area contributed by atoms with E-state index in [0.717, 1.165) is 11.1 Å². The summed E-state index contributed by atoms with van der Waals surface area (Å²) in [6.07, 6.45) is 2.14. The summed E-state index contributed by atoms with van der Waals surface area (Å²) in [5.74, 6) is 0.136. The number of anilines is 2. The number of benzene rings is 1. The third kappa shape index (κ3) is 4.80. The maximum atomic E-state index is 10.7. The number of nitrogens with zero attached hydrogens (tertiary/aromatic N) is 2. The molecule has 0 aliphatic carbocycles. The predicted octanol–water partition coefficient (Wildman–Crippen LogP) is 0.627. The lowest BCUT2D eigenvalue weighted by molar-refractivity contribution is 0.111. The van der Waals surface area contributed by atoms with Gasteiger partial charge in [0.15, 0.2) is 12.1 Å². The van der Waals surface area contributed by atoms with Crippen molar-refractivity contribution in [1.29, 1.82) is 0 Å². The van der Waals surface area contributed by atoms with Crippen LogP contribution < -0.4 is 16.8 Å². The van der Waals surface area contributed by atoms with Crippen LogP contribution in [-0.4, -0.2) is 41.6 Å². The Labute approximate surface area is 129 Å². The molecule has 22 heavy (non-hydrogen) atoms. The minimum Gasteiger partial charge on any atom is -0.399 e. The van der Waals surface area contributed by atoms with Crippen LogP contribution in [0.4, 0.5) is 11.5 Å². The van der Waals surface area contributed by atoms with E-state index in [1.807, 2.05) is 19.1 Å². The first-order valence-electron chi connectivity index (χ1n) is 6.73. The Kier molecular flexibility index (Phi) is 6.94. The lowest BCUT2D eigenvalue weighted by atomic mass is 10.1. The minimum atomic E-state index is 0.136. The molecule has 0 bridgehead atoms. The number of nitrogens with one attached hydrogen (secondary N) is 1. The second kappa shape index (κ2) is 8.71. The van der Waals surface area contributed by atoms with Gasteiger partial charge in [0.1, 0.15) is 5.69 Å². The fourth-order valence-electron chi connectivity index (χ4n) is 1.72. The van der Waals surface area contributed by atoms with Crippen LogP contribution in [0.15, 0.2) is 24.4 Å². The molecule has 0 atom stereocenters. The highest BCUT2D eigenvalue weighted by Gasteiger charge is 2.07. The van der Waals surface area contributed by atoms with Gasteiger partial charge >= 0.3 is 0 Å². The summed E-state index contributed by atoms with van der Waals surface area (Å²) < 4.78 is 0. The third-order valence-corrected chi connectivity index (χ3v) is 2.83. The number of aryl methyl sites for hydroxylation is 1. The molecule has 0 aliphatic heterocycles. The zero-order valence-corrected chi connectivity index (χ0v) is 12.7. The highest BCUT2D eigenvalue weighted by molar-refractivity contribution is 5.80. The number of hydrogen-bond donors (Lipinski definition) is 4. The van der Waals surface area contributed by atoms with Gasteiger partial charge in [-0.3, -0.25) is 4.79 Å². The SMILES string of the molecule is CNCCO.Cc1cc(N)ccc1-c1cnc(N)c(C=O)n1. The second-order valence-corrected chi connectivity index (χ2v) is 4.55. The molecule has 118 valence electrons. The van der Waals surface area contributed by atoms with Gasteiger partial charge in [0.2, 0.25) is 0 Å². The summed E-state index contributed by atoms with van der Waals surface area (Å²) in [6.45, 7) is 2.85. The first kappa shape index (κ1) is 17.5. The van der Waals surface area contributed by atoms with Crippen LogP contribution >= 0.6 is 0 Å². The van der Waals surface area contributed by atoms with Gasteiger partial charge in [-0.1, -0.05) is 6.07 Å². The Morgan fingerprint density at radius 3 is 2.59 bits per heavy atom. The quantitative estimate of drug-likeness (QED) is 0.482. The molecule has 2 aromatic rings. The largest absolute Gasteiger partial charge is 0.399 e. The highest BCUT2D eigenvalue weighted by atomic mass is 16.3. The fourth-order valence-corrected chi connectivity index (χ4v) is 1.72. The summed E-state index contributed by atoms with van der Waals surface area (Å²) in [4.78, 5) is 18.8. The molecule has 0 radical (unpaired) electrons. The van der Waals surface area contributed by atoms with Crippen LogP contribution in [0.3, 0.4) is 0 Å². The maximum Gasteiger partial charge on any atom is 0.172 e. The average molecular weight is 303 g/mol. The van der Waals surface area contributed by atoms with E-state index in [-0.39, 0.29) is 18.1 Å². The Bertz CT molecular complexity index is 629. The van der Waals surface area contributed by atoms with E-state index < -0.39 is 0 Å². The summed E-state index contributed by atoms with van der Waals surface area (Å²) in [6, 6.07) is 5.47. The minimum absolute atomic E-state index is 0.136. The molecule has 0 unspecified atom stereocenters. The van der Waals surface area contributed by atoms with Gasteiger partial charge in [0, 0.05) is 17.8 Å². The molecule has 0 aliphatic rings. The van der Waals surface area contributed by atoms with E-state index in [4.69, 9.17) is 16.6 Å². The van der Waals surface area contributed by atoms with Gasteiger partial charge in [0.25, 0.3) is 0 Å². The lowest BCUT2D eigenvalue weighted by Gasteiger charge is -2.07. The van der Waals surface area contributed by atoms with E-state index in [1.165, 1.54) is 0 Å². The summed E-state index contributed by atoms with van der Waals surface area (Å²) in [5.41, 5.74) is 14.5. The van der Waals surface area contributed by atoms with Crippen molar-refractivity contribution in [2.24, 2.45) is 0 Å². The number of aliphatic hydroxyl groups is 1. The number of rotatable bonds is 4. The lowest BCUT2D eigenvalue weighted by Crippen LogP contribution is -2.10. The Hall–Kier alpha value is -2.51. The highest BCUT2D eigenvalue weighted by Crippen LogP contribution is 2.23. The zero-order valence-electron chi connectivity index (χ0n) is 12.7. The number of nitrogens with two attached hydrogens (primary N) is 2. The van der Waals surface area contributed by atoms with Crippen molar-refractivity contribution >= 4 is 17.8 Å². The molecule has 0 saturated carbocycles. The van der Waals surface area contributed by atoms with Crippen LogP contribution in [0.1, 0.15) is 16.1 Å². The number of likely N-dealkylation sites (N-methyl/N-ethyl adjacent to an activating group) is 1. The predicted molar refractivity (Wildman–Crippen MR) is 87.4 cm³/mol. The van der Waals surface area contributed by atoms with Crippen molar-refractivity contribution < 1.29 is 9.90 Å². The molecule has 7 nitrogen and oxygen atoms in total. The van der Waals surface area contributed by atoms with E-state index in [1.54, 1.807) is 19.3 Å². The summed E-state index contributed by atoms with van der Waals surface area (Å²) in [7, 11) is 1.80. The number of aromatic nitrogens is 2. The van der Waals surface area contributed by atoms with Gasteiger partial charge in [-0.15, -0.1) is 0 Å². The topological polar surface area (TPSA) is 127 Å². The van der Waals surface area contributed by atoms with Crippen LogP contribution in [0.25, 0.3) is 11.3 Å². The molecule has 1 heterocycles. The van der Waals surface area contributed by atoms with E-state index in [2.05, 4.69) is 15.3 Å². The van der Waals surface area contributed by atoms with Crippen molar-refractivity contribution in [2.75, 3.05) is 31.7 Å². The molecule has 0 saturated heterocycles. The first-order chi connectivity index (χ1) is 10.5. The van der Waals surface area contributed by atoms with E-state index in [0.29, 0.717) is 24.2 Å². The Balaban J connectivity index is 0.000000422. The number of hydrogen-bond acceptors (Lipinski definition) is 7. The normalized spacial score (nSPS) is 9.77. The number of carbonyl (C=O) groups excluding carboxylic acids is 1. The summed E-state index contributed by atoms with van der Waals surface area (Å²) in [5, 5.41) is 10.8. The Morgan fingerprint density at radius 2 is 2.09 bits per heavy atom. The van der Waals surface area contributed by atoms with Crippen molar-refractivity contribution in [3.63, 3.8) is 0 Å². The van der Waals surface area contributed by atoms with Crippen LogP contribution in [0, 0.1) is 6.92 Å². The van der Waals surface area contributed by atoms with Gasteiger partial charge in [-0.05, 0) is 31.7 Å². The van der Waals surface area contributed by atoms with Gasteiger partial charge in [0.05, 0.1) is 18.5 Å². The molecule has 2 rings (SSSR count). The zero-order chi connectivity index (χ0) is 16.5. The standard InChI is InChI=1S/C12H12N4O.C3H9NO/c1-7-4-8(13)2-3-9(7)10-5-15-12(14)11(6-17)16-10;1-4-2-3-5/h2-6H,13H2,1H3,(H2,14,15);4-5H,2-3H2,1H3. The molecule has 7 heteroatoms. The van der Waals surface area contributed by atoms with Gasteiger partial charge in [-0.2, -0.15) is 0 Å². The van der Waals surface area contributed by atoms with Crippen LogP contribution in [0.5, 0.6) is 0 Å². The van der Waals surface area contributed by atoms with Gasteiger partial charge < -0.3 is 21.9 Å². The number of nitrogen functional groups attached to an aromatic ring is 2. The van der Waals surface area contributed by atoms with E-state index in [9.17, 15) is 4.79 Å². The molecule has 0 spiro atoms. The smallest absolute Gasteiger partial charge is 0.172 e. The molecule has 6 N–H and O–H groups in total. The first-order valence-corrected chi connectivity index (χ1v) is 6.73. The van der Waals surface area contributed by atoms with Crippen molar-refractivity contribution in [3.8, 4) is 11.3 Å². The van der Waals surface area contributed by atoms with Crippen LogP contribution in [-0.2, 0) is 0 Å². The van der Waals surface area contributed by atoms with E-state index >= 15 is 0 Å². The molecule has 0 fully saturated rings. The van der Waals surface area contributed by atoms with Crippen molar-refractivity contribution in [3.05, 3.63) is 35.7 Å². The maximum absolute atomic E-state index is 10.7. The number of carbonyl (C=O) groups is 1. The second-order valence-electron chi connectivity index (χ2n) is 4.55. The molecular formula is C15H21N5O2. The molecule has 1 aromatic heterocycles. The fraction of sp³-hybridized carbons (Fsp3) is 0.267. The Morgan fingerprint density at radius 1 is 1.36 bits per heavy atom.